The molecule has 4 fully saturated rings. The highest BCUT2D eigenvalue weighted by Crippen LogP contribution is 2.29. The zero-order valence-corrected chi connectivity index (χ0v) is 59.8. The molecule has 94 heavy (non-hydrogen) atoms. The van der Waals surface area contributed by atoms with Crippen LogP contribution in [0.15, 0.2) is 111 Å². The van der Waals surface area contributed by atoms with E-state index in [0.717, 1.165) is 106 Å². The summed E-state index contributed by atoms with van der Waals surface area (Å²) < 4.78 is 31.2. The van der Waals surface area contributed by atoms with Crippen molar-refractivity contribution in [2.75, 3.05) is 13.2 Å². The topological polar surface area (TPSA) is 158 Å². The number of carbonyl (C=O) groups excluding carboxylic acids is 6. The van der Waals surface area contributed by atoms with Gasteiger partial charge in [-0.25, -0.2) is 0 Å². The van der Waals surface area contributed by atoms with Gasteiger partial charge in [-0.2, -0.15) is 0 Å². The summed E-state index contributed by atoms with van der Waals surface area (Å²) in [7, 11) is 0. The molecule has 2 aromatic rings. The molecule has 0 aromatic heterocycles. The van der Waals surface area contributed by atoms with Crippen LogP contribution in [0.3, 0.4) is 0 Å². The first-order chi connectivity index (χ1) is 45.8. The molecule has 0 amide bonds. The predicted octanol–water partition coefficient (Wildman–Crippen LogP) is 22.0. The Bertz CT molecular complexity index is 2140. The van der Waals surface area contributed by atoms with Gasteiger partial charge in [0.2, 0.25) is 0 Å². The number of allylic oxidation sites excluding steroid dienone is 2. The van der Waals surface area contributed by atoms with Crippen molar-refractivity contribution >= 4 is 35.8 Å². The number of carbonyl (C=O) groups is 6. The first-order valence-corrected chi connectivity index (χ1v) is 37.4. The Morgan fingerprint density at radius 3 is 1.18 bits per heavy atom. The molecule has 2 aromatic carbocycles. The molecule has 12 nitrogen and oxygen atoms in total. The van der Waals surface area contributed by atoms with Crippen LogP contribution in [0.5, 0.6) is 0 Å². The fraction of sp³-hybridized carbons (Fsp3) is 0.683. The monoisotopic (exact) mass is 1310 g/mol. The summed E-state index contributed by atoms with van der Waals surface area (Å²) >= 11 is 0. The van der Waals surface area contributed by atoms with Gasteiger partial charge in [-0.3, -0.25) is 28.8 Å². The zero-order valence-electron chi connectivity index (χ0n) is 59.8. The molecular weight excluding hydrogens is 1180 g/mol. The van der Waals surface area contributed by atoms with Gasteiger partial charge >= 0.3 is 35.8 Å². The molecule has 0 N–H and O–H groups in total. The second-order valence-electron chi connectivity index (χ2n) is 26.2. The third-order valence-corrected chi connectivity index (χ3v) is 17.6. The highest BCUT2D eigenvalue weighted by Gasteiger charge is 2.24. The van der Waals surface area contributed by atoms with E-state index in [1.807, 2.05) is 73.7 Å². The van der Waals surface area contributed by atoms with Crippen LogP contribution in [-0.2, 0) is 70.4 Å². The van der Waals surface area contributed by atoms with Crippen LogP contribution in [-0.4, -0.2) is 61.2 Å². The van der Waals surface area contributed by atoms with Crippen molar-refractivity contribution in [2.24, 2.45) is 23.7 Å². The van der Waals surface area contributed by atoms with E-state index in [2.05, 4.69) is 47.1 Å². The minimum absolute atomic E-state index is 0.00588. The van der Waals surface area contributed by atoms with E-state index in [1.54, 1.807) is 18.2 Å². The summed E-state index contributed by atoms with van der Waals surface area (Å²) in [6.45, 7) is 24.2. The molecule has 0 spiro atoms. The van der Waals surface area contributed by atoms with Crippen LogP contribution >= 0.6 is 0 Å². The van der Waals surface area contributed by atoms with Gasteiger partial charge in [-0.05, 0) is 119 Å². The number of hydrogen-bond acceptors (Lipinski definition) is 12. The van der Waals surface area contributed by atoms with Gasteiger partial charge in [-0.15, -0.1) is 13.2 Å². The maximum absolute atomic E-state index is 11.9. The SMILES string of the molecule is C=CCC(C)C(=O)OC1CCCCC1.C=CCC(CCC)C(=O)OC1CCCCC1.C=CCOC(=O)CCC1CCCCC1.C=CCOC(=O)CCCCC1CCCCC1.CCCCCCCC(=O)OCc1ccccc1.CCCCCCCC(=O)OCc1ccccc1. The maximum atomic E-state index is 11.9. The normalized spacial score (nSPS) is 15.4. The van der Waals surface area contributed by atoms with Gasteiger partial charge in [0.1, 0.15) is 38.6 Å². The second kappa shape index (κ2) is 62.1. The lowest BCUT2D eigenvalue weighted by Gasteiger charge is -2.24. The van der Waals surface area contributed by atoms with E-state index < -0.39 is 0 Å². The maximum Gasteiger partial charge on any atom is 0.309 e. The van der Waals surface area contributed by atoms with E-state index in [1.165, 1.54) is 154 Å². The molecular formula is C82H132O12. The number of rotatable bonds is 38. The van der Waals surface area contributed by atoms with Crippen LogP contribution in [0.25, 0.3) is 0 Å². The first-order valence-electron chi connectivity index (χ1n) is 37.4. The Balaban J connectivity index is 0.000000565. The summed E-state index contributed by atoms with van der Waals surface area (Å²) in [5.41, 5.74) is 2.10. The molecule has 0 bridgehead atoms. The first kappa shape index (κ1) is 86.2. The largest absolute Gasteiger partial charge is 0.462 e. The standard InChI is InChI=1S/2C15H22O2.2C14H24O2.2C12H20O2/c2*1-2-3-4-5-9-12-15(16)17-13-14-10-7-6-8-11-14;1-3-8-12(9-4-2)14(15)16-13-10-6-5-7-11-13;1-2-12-16-14(15)11-7-6-10-13-8-4-3-5-9-13;1-3-7-10(2)12(13)14-11-8-5-4-6-9-11;1-2-10-14-12(13)9-8-11-6-4-3-5-7-11/h2*6-8,10-11H,2-5,9,12-13H2,1H3;3,12-13H,1,4-11H2,2H3;2,13H,1,3-12H2;3,10-11H,1,4-9H2,2H3;2,11H,1,3-10H2. The van der Waals surface area contributed by atoms with Gasteiger partial charge in [0.15, 0.2) is 0 Å². The van der Waals surface area contributed by atoms with E-state index in [0.29, 0.717) is 58.5 Å². The lowest BCUT2D eigenvalue weighted by Crippen LogP contribution is -2.25. The van der Waals surface area contributed by atoms with Gasteiger partial charge < -0.3 is 28.4 Å². The van der Waals surface area contributed by atoms with E-state index in [9.17, 15) is 28.8 Å². The molecule has 2 unspecified atom stereocenters. The molecule has 4 saturated carbocycles. The molecule has 4 aliphatic carbocycles. The molecule has 6 rings (SSSR count). The molecule has 0 saturated heterocycles. The summed E-state index contributed by atoms with van der Waals surface area (Å²) in [4.78, 5) is 68.7. The number of unbranched alkanes of at least 4 members (excludes halogenated alkanes) is 9. The Morgan fingerprint density at radius 2 is 0.777 bits per heavy atom. The quantitative estimate of drug-likeness (QED) is 0.0272. The molecule has 2 atom stereocenters. The number of benzene rings is 2. The van der Waals surface area contributed by atoms with E-state index in [4.69, 9.17) is 28.4 Å². The number of hydrogen-bond donors (Lipinski definition) is 0. The molecule has 532 valence electrons. The number of ether oxygens (including phenoxy) is 6. The van der Waals surface area contributed by atoms with Crippen LogP contribution in [0.4, 0.5) is 0 Å². The minimum atomic E-state index is -0.0801. The van der Waals surface area contributed by atoms with Crippen molar-refractivity contribution in [3.63, 3.8) is 0 Å². The minimum Gasteiger partial charge on any atom is -0.462 e. The van der Waals surface area contributed by atoms with Crippen LogP contribution in [0, 0.1) is 23.7 Å². The van der Waals surface area contributed by atoms with Crippen LogP contribution in [0.1, 0.15) is 308 Å². The van der Waals surface area contributed by atoms with Crippen LogP contribution in [0.2, 0.25) is 0 Å². The molecule has 12 heteroatoms. The molecule has 4 aliphatic rings. The molecule has 0 aliphatic heterocycles. The van der Waals surface area contributed by atoms with Crippen molar-refractivity contribution in [2.45, 2.75) is 323 Å². The van der Waals surface area contributed by atoms with Crippen molar-refractivity contribution in [1.82, 2.24) is 0 Å². The van der Waals surface area contributed by atoms with Crippen LogP contribution < -0.4 is 0 Å². The highest BCUT2D eigenvalue weighted by molar-refractivity contribution is 5.73. The van der Waals surface area contributed by atoms with Crippen molar-refractivity contribution in [3.8, 4) is 0 Å². The lowest BCUT2D eigenvalue weighted by atomic mass is 9.86. The van der Waals surface area contributed by atoms with Gasteiger partial charge in [-0.1, -0.05) is 273 Å². The van der Waals surface area contributed by atoms with Crippen molar-refractivity contribution in [3.05, 3.63) is 122 Å². The third kappa shape index (κ3) is 50.6. The van der Waals surface area contributed by atoms with Gasteiger partial charge in [0, 0.05) is 25.7 Å². The molecule has 0 radical (unpaired) electrons. The highest BCUT2D eigenvalue weighted by atomic mass is 16.6. The second-order valence-corrected chi connectivity index (χ2v) is 26.2. The average molecular weight is 1310 g/mol. The summed E-state index contributed by atoms with van der Waals surface area (Å²) in [6.07, 6.45) is 54.2. The van der Waals surface area contributed by atoms with E-state index >= 15 is 0 Å². The Kier molecular flexibility index (Phi) is 56.9. The summed E-state index contributed by atoms with van der Waals surface area (Å²) in [5.74, 6) is 1.32. The van der Waals surface area contributed by atoms with E-state index in [-0.39, 0.29) is 59.9 Å². The third-order valence-electron chi connectivity index (χ3n) is 17.6. The Morgan fingerprint density at radius 1 is 0.404 bits per heavy atom. The fourth-order valence-electron chi connectivity index (χ4n) is 11.9. The molecule has 0 heterocycles. The summed E-state index contributed by atoms with van der Waals surface area (Å²) in [5, 5.41) is 0. The lowest BCUT2D eigenvalue weighted by molar-refractivity contribution is -0.156. The van der Waals surface area contributed by atoms with Crippen molar-refractivity contribution < 1.29 is 57.2 Å². The smallest absolute Gasteiger partial charge is 0.309 e. The summed E-state index contributed by atoms with van der Waals surface area (Å²) in [6, 6.07) is 19.6. The van der Waals surface area contributed by atoms with Gasteiger partial charge in [0.05, 0.1) is 11.8 Å². The fourth-order valence-corrected chi connectivity index (χ4v) is 11.9. The van der Waals surface area contributed by atoms with Crippen molar-refractivity contribution in [1.29, 1.82) is 0 Å². The Hall–Kier alpha value is -5.78. The number of esters is 6. The van der Waals surface area contributed by atoms with Gasteiger partial charge in [0.25, 0.3) is 0 Å². The zero-order chi connectivity index (χ0) is 68.8. The Labute approximate surface area is 572 Å². The predicted molar refractivity (Wildman–Crippen MR) is 386 cm³/mol. The average Bonchev–Trinajstić information content (AvgIpc) is 2.25.